The van der Waals surface area contributed by atoms with Crippen LogP contribution in [-0.4, -0.2) is 35.5 Å². The van der Waals surface area contributed by atoms with E-state index in [4.69, 9.17) is 5.73 Å². The number of rotatable bonds is 6. The van der Waals surface area contributed by atoms with Gasteiger partial charge in [0.2, 0.25) is 5.91 Å². The van der Waals surface area contributed by atoms with E-state index in [9.17, 15) is 14.7 Å². The number of aldehydes is 1. The molecule has 0 aromatic heterocycles. The number of hydrogen-bond acceptors (Lipinski definition) is 4. The minimum Gasteiger partial charge on any atom is -0.391 e. The lowest BCUT2D eigenvalue weighted by molar-refractivity contribution is -0.126. The molecular weight excluding hydrogens is 232 g/mol. The fourth-order valence-corrected chi connectivity index (χ4v) is 1.50. The summed E-state index contributed by atoms with van der Waals surface area (Å²) in [5.74, 6) is -0.447. The van der Waals surface area contributed by atoms with E-state index in [0.717, 1.165) is 5.56 Å². The number of amides is 1. The van der Waals surface area contributed by atoms with Crippen molar-refractivity contribution in [2.75, 3.05) is 0 Å². The number of carbonyl (C=O) groups is 2. The standard InChI is InChI=1S/C13H18N2O3/c1-9(17)12(8-16)15-13(18)11(14)7-10-5-3-2-4-6-10/h2-6,8-9,11-12,17H,7,14H2,1H3,(H,15,18)/t9-,11+,12-/m1/s1. The van der Waals surface area contributed by atoms with Gasteiger partial charge < -0.3 is 21.0 Å². The number of hydrogen-bond donors (Lipinski definition) is 3. The number of benzene rings is 1. The minimum absolute atomic E-state index is 0.387. The van der Waals surface area contributed by atoms with Crippen LogP contribution in [0, 0.1) is 0 Å². The van der Waals surface area contributed by atoms with Crippen LogP contribution in [0.25, 0.3) is 0 Å². The zero-order valence-electron chi connectivity index (χ0n) is 10.2. The SMILES string of the molecule is C[C@@H](O)[C@@H](C=O)NC(=O)[C@@H](N)Cc1ccccc1. The monoisotopic (exact) mass is 250 g/mol. The fraction of sp³-hybridized carbons (Fsp3) is 0.385. The van der Waals surface area contributed by atoms with Crippen molar-refractivity contribution in [2.24, 2.45) is 5.73 Å². The van der Waals surface area contributed by atoms with Gasteiger partial charge in [-0.3, -0.25) is 4.79 Å². The molecule has 0 aliphatic carbocycles. The highest BCUT2D eigenvalue weighted by molar-refractivity contribution is 5.84. The number of aliphatic hydroxyl groups is 1. The van der Waals surface area contributed by atoms with Crippen LogP contribution in [0.3, 0.4) is 0 Å². The molecule has 5 nitrogen and oxygen atoms in total. The molecule has 0 saturated heterocycles. The van der Waals surface area contributed by atoms with Gasteiger partial charge in [0.05, 0.1) is 12.1 Å². The van der Waals surface area contributed by atoms with Crippen LogP contribution in [0.15, 0.2) is 30.3 Å². The lowest BCUT2D eigenvalue weighted by Gasteiger charge is -2.18. The Hall–Kier alpha value is -1.72. The second-order valence-electron chi connectivity index (χ2n) is 4.21. The van der Waals surface area contributed by atoms with E-state index in [1.807, 2.05) is 30.3 Å². The molecule has 0 aliphatic rings. The maximum Gasteiger partial charge on any atom is 0.237 e. The molecule has 4 N–H and O–H groups in total. The van der Waals surface area contributed by atoms with Crippen molar-refractivity contribution in [1.29, 1.82) is 0 Å². The van der Waals surface area contributed by atoms with E-state index in [2.05, 4.69) is 5.32 Å². The Balaban J connectivity index is 2.54. The van der Waals surface area contributed by atoms with Crippen LogP contribution < -0.4 is 11.1 Å². The zero-order chi connectivity index (χ0) is 13.5. The lowest BCUT2D eigenvalue weighted by atomic mass is 10.1. The fourth-order valence-electron chi connectivity index (χ4n) is 1.50. The van der Waals surface area contributed by atoms with Gasteiger partial charge in [0.1, 0.15) is 12.3 Å². The van der Waals surface area contributed by atoms with E-state index in [0.29, 0.717) is 12.7 Å². The predicted molar refractivity (Wildman–Crippen MR) is 67.8 cm³/mol. The van der Waals surface area contributed by atoms with Gasteiger partial charge in [-0.15, -0.1) is 0 Å². The average molecular weight is 250 g/mol. The summed E-state index contributed by atoms with van der Waals surface area (Å²) in [7, 11) is 0. The molecule has 3 atom stereocenters. The van der Waals surface area contributed by atoms with E-state index in [1.54, 1.807) is 0 Å². The summed E-state index contributed by atoms with van der Waals surface area (Å²) in [6.45, 7) is 1.43. The molecule has 0 aliphatic heterocycles. The summed E-state index contributed by atoms with van der Waals surface area (Å²) in [4.78, 5) is 22.4. The minimum atomic E-state index is -0.935. The summed E-state index contributed by atoms with van der Waals surface area (Å²) in [5.41, 5.74) is 6.69. The molecule has 0 spiro atoms. The molecule has 5 heteroatoms. The molecule has 0 radical (unpaired) electrons. The third-order valence-corrected chi connectivity index (χ3v) is 2.61. The van der Waals surface area contributed by atoms with Gasteiger partial charge in [0.15, 0.2) is 0 Å². The van der Waals surface area contributed by atoms with Gasteiger partial charge in [-0.2, -0.15) is 0 Å². The van der Waals surface area contributed by atoms with Gasteiger partial charge in [-0.1, -0.05) is 30.3 Å². The topological polar surface area (TPSA) is 92.4 Å². The second-order valence-corrected chi connectivity index (χ2v) is 4.21. The van der Waals surface area contributed by atoms with Crippen molar-refractivity contribution >= 4 is 12.2 Å². The van der Waals surface area contributed by atoms with E-state index in [-0.39, 0.29) is 0 Å². The van der Waals surface area contributed by atoms with Crippen LogP contribution in [0.5, 0.6) is 0 Å². The largest absolute Gasteiger partial charge is 0.391 e. The molecule has 0 heterocycles. The third kappa shape index (κ3) is 4.27. The van der Waals surface area contributed by atoms with Crippen molar-refractivity contribution < 1.29 is 14.7 Å². The molecule has 0 saturated carbocycles. The Morgan fingerprint density at radius 2 is 2.06 bits per heavy atom. The van der Waals surface area contributed by atoms with Gasteiger partial charge in [-0.25, -0.2) is 0 Å². The first kappa shape index (κ1) is 14.3. The van der Waals surface area contributed by atoms with Gasteiger partial charge in [-0.05, 0) is 18.9 Å². The van der Waals surface area contributed by atoms with Crippen molar-refractivity contribution in [3.63, 3.8) is 0 Å². The Bertz CT molecular complexity index is 392. The highest BCUT2D eigenvalue weighted by Crippen LogP contribution is 2.02. The van der Waals surface area contributed by atoms with Crippen molar-refractivity contribution in [3.8, 4) is 0 Å². The maximum absolute atomic E-state index is 11.7. The Morgan fingerprint density at radius 3 is 2.56 bits per heavy atom. The van der Waals surface area contributed by atoms with Crippen LogP contribution in [0.4, 0.5) is 0 Å². The van der Waals surface area contributed by atoms with Gasteiger partial charge >= 0.3 is 0 Å². The van der Waals surface area contributed by atoms with Crippen LogP contribution in [0.2, 0.25) is 0 Å². The van der Waals surface area contributed by atoms with Gasteiger partial charge in [0, 0.05) is 0 Å². The molecule has 0 bridgehead atoms. The highest BCUT2D eigenvalue weighted by Gasteiger charge is 2.20. The molecule has 18 heavy (non-hydrogen) atoms. The zero-order valence-corrected chi connectivity index (χ0v) is 10.2. The Labute approximate surface area is 106 Å². The molecule has 1 amide bonds. The molecular formula is C13H18N2O3. The summed E-state index contributed by atoms with van der Waals surface area (Å²) in [5, 5.41) is 11.6. The molecule has 0 unspecified atom stereocenters. The highest BCUT2D eigenvalue weighted by atomic mass is 16.3. The normalized spacial score (nSPS) is 15.5. The molecule has 1 aromatic rings. The summed E-state index contributed by atoms with van der Waals surface area (Å²) < 4.78 is 0. The van der Waals surface area contributed by atoms with Crippen LogP contribution >= 0.6 is 0 Å². The lowest BCUT2D eigenvalue weighted by Crippen LogP contribution is -2.50. The second kappa shape index (κ2) is 6.88. The van der Waals surface area contributed by atoms with Crippen molar-refractivity contribution in [3.05, 3.63) is 35.9 Å². The summed E-state index contributed by atoms with van der Waals surface area (Å²) in [6.07, 6.45) is -0.0501. The number of nitrogens with one attached hydrogen (secondary N) is 1. The maximum atomic E-state index is 11.7. The number of nitrogens with two attached hydrogens (primary N) is 1. The Kier molecular flexibility index (Phi) is 5.48. The van der Waals surface area contributed by atoms with E-state index < -0.39 is 24.1 Å². The summed E-state index contributed by atoms with van der Waals surface area (Å²) in [6, 6.07) is 7.70. The Morgan fingerprint density at radius 1 is 1.44 bits per heavy atom. The molecule has 98 valence electrons. The van der Waals surface area contributed by atoms with E-state index >= 15 is 0 Å². The quantitative estimate of drug-likeness (QED) is 0.600. The predicted octanol–water partition coefficient (Wildman–Crippen LogP) is -0.379. The first-order valence-corrected chi connectivity index (χ1v) is 5.78. The van der Waals surface area contributed by atoms with Crippen LogP contribution in [0.1, 0.15) is 12.5 Å². The first-order valence-electron chi connectivity index (χ1n) is 5.78. The summed E-state index contributed by atoms with van der Waals surface area (Å²) >= 11 is 0. The molecule has 1 rings (SSSR count). The third-order valence-electron chi connectivity index (χ3n) is 2.61. The molecule has 0 fully saturated rings. The average Bonchev–Trinajstić information content (AvgIpc) is 2.36. The van der Waals surface area contributed by atoms with Gasteiger partial charge in [0.25, 0.3) is 0 Å². The van der Waals surface area contributed by atoms with E-state index in [1.165, 1.54) is 6.92 Å². The number of aliphatic hydroxyl groups excluding tert-OH is 1. The number of carbonyl (C=O) groups excluding carboxylic acids is 2. The first-order chi connectivity index (χ1) is 8.54. The van der Waals surface area contributed by atoms with Crippen molar-refractivity contribution in [2.45, 2.75) is 31.5 Å². The van der Waals surface area contributed by atoms with Crippen molar-refractivity contribution in [1.82, 2.24) is 5.32 Å². The molecule has 1 aromatic carbocycles. The smallest absolute Gasteiger partial charge is 0.237 e. The van der Waals surface area contributed by atoms with Crippen LogP contribution in [-0.2, 0) is 16.0 Å².